The number of fused-ring (bicyclic) bond motifs is 2. The number of hydrogen-bond donors (Lipinski definition) is 0. The zero-order chi connectivity index (χ0) is 20.5. The van der Waals surface area contributed by atoms with Gasteiger partial charge < -0.3 is 9.64 Å². The Kier molecular flexibility index (Phi) is 4.87. The molecule has 0 saturated carbocycles. The zero-order valence-corrected chi connectivity index (χ0v) is 16.8. The van der Waals surface area contributed by atoms with Crippen molar-refractivity contribution in [3.8, 4) is 5.75 Å². The monoisotopic (exact) mass is 400 g/mol. The Morgan fingerprint density at radius 1 is 0.833 bits per heavy atom. The minimum absolute atomic E-state index is 0.212. The molecule has 2 aliphatic heterocycles. The van der Waals surface area contributed by atoms with Crippen LogP contribution in [0.25, 0.3) is 10.8 Å². The number of nitrogens with zero attached hydrogens (tertiary/aromatic N) is 2. The maximum absolute atomic E-state index is 12.4. The van der Waals surface area contributed by atoms with E-state index in [1.807, 2.05) is 6.07 Å². The molecule has 0 unspecified atom stereocenters. The molecule has 0 radical (unpaired) electrons. The second-order valence-electron chi connectivity index (χ2n) is 7.86. The Morgan fingerprint density at radius 3 is 2.30 bits per heavy atom. The number of rotatable bonds is 6. The van der Waals surface area contributed by atoms with Crippen LogP contribution >= 0.6 is 0 Å². The summed E-state index contributed by atoms with van der Waals surface area (Å²) in [5.41, 5.74) is 2.25. The van der Waals surface area contributed by atoms with E-state index in [4.69, 9.17) is 4.74 Å². The van der Waals surface area contributed by atoms with Gasteiger partial charge >= 0.3 is 0 Å². The first-order valence-corrected chi connectivity index (χ1v) is 10.6. The highest BCUT2D eigenvalue weighted by molar-refractivity contribution is 6.21. The molecule has 0 aliphatic carbocycles. The van der Waals surface area contributed by atoms with Crippen molar-refractivity contribution in [1.29, 1.82) is 0 Å². The van der Waals surface area contributed by atoms with Gasteiger partial charge in [-0.1, -0.05) is 30.3 Å². The van der Waals surface area contributed by atoms with Gasteiger partial charge in [0.1, 0.15) is 5.75 Å². The number of anilines is 1. The van der Waals surface area contributed by atoms with Gasteiger partial charge in [-0.25, -0.2) is 0 Å². The lowest BCUT2D eigenvalue weighted by Gasteiger charge is -2.20. The quantitative estimate of drug-likeness (QED) is 0.451. The molecule has 5 rings (SSSR count). The van der Waals surface area contributed by atoms with Crippen LogP contribution < -0.4 is 9.64 Å². The smallest absolute Gasteiger partial charge is 0.261 e. The normalized spacial score (nSPS) is 15.9. The Labute approximate surface area is 175 Å². The Balaban J connectivity index is 1.23. The summed E-state index contributed by atoms with van der Waals surface area (Å²) >= 11 is 0. The lowest BCUT2D eigenvalue weighted by molar-refractivity contribution is 0.0647. The van der Waals surface area contributed by atoms with E-state index in [1.54, 1.807) is 24.3 Å². The highest BCUT2D eigenvalue weighted by Crippen LogP contribution is 2.32. The number of carbonyl (C=O) groups is 2. The van der Waals surface area contributed by atoms with Crippen LogP contribution in [0.2, 0.25) is 0 Å². The molecule has 0 spiro atoms. The van der Waals surface area contributed by atoms with Crippen LogP contribution in [0.4, 0.5) is 5.69 Å². The number of carbonyl (C=O) groups excluding carboxylic acids is 2. The molecule has 1 saturated heterocycles. The standard InChI is InChI=1S/C25H24N2O3/c28-24-20-8-1-2-9-21(20)25(29)27(24)15-6-16-30-19-12-11-18-7-5-10-23(22(18)17-19)26-13-3-4-14-26/h1-2,5,7-12,17H,3-4,6,13-16H2. The Bertz CT molecular complexity index is 1080. The first-order valence-electron chi connectivity index (χ1n) is 10.6. The molecule has 2 heterocycles. The van der Waals surface area contributed by atoms with E-state index >= 15 is 0 Å². The third-order valence-corrected chi connectivity index (χ3v) is 5.95. The fourth-order valence-electron chi connectivity index (χ4n) is 4.41. The molecule has 5 heteroatoms. The zero-order valence-electron chi connectivity index (χ0n) is 16.8. The van der Waals surface area contributed by atoms with Gasteiger partial charge in [0, 0.05) is 30.7 Å². The van der Waals surface area contributed by atoms with E-state index < -0.39 is 0 Å². The number of amides is 2. The van der Waals surface area contributed by atoms with Crippen LogP contribution in [-0.2, 0) is 0 Å². The van der Waals surface area contributed by atoms with Gasteiger partial charge in [-0.3, -0.25) is 14.5 Å². The van der Waals surface area contributed by atoms with Gasteiger partial charge in [-0.2, -0.15) is 0 Å². The number of hydrogen-bond acceptors (Lipinski definition) is 4. The predicted molar refractivity (Wildman–Crippen MR) is 117 cm³/mol. The van der Waals surface area contributed by atoms with Crippen LogP contribution in [0.5, 0.6) is 5.75 Å². The van der Waals surface area contributed by atoms with Gasteiger partial charge in [-0.15, -0.1) is 0 Å². The molecule has 152 valence electrons. The molecule has 1 fully saturated rings. The largest absolute Gasteiger partial charge is 0.494 e. The van der Waals surface area contributed by atoms with Crippen LogP contribution in [0.15, 0.2) is 60.7 Å². The molecule has 2 aliphatic rings. The SMILES string of the molecule is O=C1c2ccccc2C(=O)N1CCCOc1ccc2cccc(N3CCCC3)c2c1. The fraction of sp³-hybridized carbons (Fsp3) is 0.280. The lowest BCUT2D eigenvalue weighted by Crippen LogP contribution is -2.31. The maximum atomic E-state index is 12.4. The van der Waals surface area contributed by atoms with Gasteiger partial charge in [0.15, 0.2) is 0 Å². The summed E-state index contributed by atoms with van der Waals surface area (Å²) in [6.45, 7) is 3.01. The lowest BCUT2D eigenvalue weighted by atomic mass is 10.1. The van der Waals surface area contributed by atoms with E-state index in [-0.39, 0.29) is 11.8 Å². The molecule has 3 aromatic rings. The van der Waals surface area contributed by atoms with Crippen molar-refractivity contribution in [3.05, 3.63) is 71.8 Å². The third kappa shape index (κ3) is 3.30. The second-order valence-corrected chi connectivity index (χ2v) is 7.86. The van der Waals surface area contributed by atoms with Crippen molar-refractivity contribution >= 4 is 28.3 Å². The van der Waals surface area contributed by atoms with E-state index in [2.05, 4.69) is 35.2 Å². The first kappa shape index (κ1) is 18.7. The van der Waals surface area contributed by atoms with Crippen LogP contribution in [-0.4, -0.2) is 43.0 Å². The maximum Gasteiger partial charge on any atom is 0.261 e. The van der Waals surface area contributed by atoms with Crippen LogP contribution in [0, 0.1) is 0 Å². The van der Waals surface area contributed by atoms with Crippen LogP contribution in [0.3, 0.4) is 0 Å². The fourth-order valence-corrected chi connectivity index (χ4v) is 4.41. The summed E-state index contributed by atoms with van der Waals surface area (Å²) in [6, 6.07) is 19.6. The van der Waals surface area contributed by atoms with E-state index in [9.17, 15) is 9.59 Å². The third-order valence-electron chi connectivity index (χ3n) is 5.95. The number of benzene rings is 3. The second kappa shape index (κ2) is 7.82. The summed E-state index contributed by atoms with van der Waals surface area (Å²) in [7, 11) is 0. The van der Waals surface area contributed by atoms with Gasteiger partial charge in [0.05, 0.1) is 17.7 Å². The average Bonchev–Trinajstić information content (AvgIpc) is 3.39. The summed E-state index contributed by atoms with van der Waals surface area (Å²) < 4.78 is 5.97. The van der Waals surface area contributed by atoms with Crippen molar-refractivity contribution in [1.82, 2.24) is 4.90 Å². The summed E-state index contributed by atoms with van der Waals surface area (Å²) in [4.78, 5) is 28.6. The van der Waals surface area contributed by atoms with Crippen molar-refractivity contribution in [3.63, 3.8) is 0 Å². The molecule has 0 N–H and O–H groups in total. The van der Waals surface area contributed by atoms with E-state index in [1.165, 1.54) is 34.2 Å². The average molecular weight is 400 g/mol. The van der Waals surface area contributed by atoms with E-state index in [0.29, 0.717) is 30.7 Å². The first-order chi connectivity index (χ1) is 14.7. The molecule has 0 bridgehead atoms. The minimum Gasteiger partial charge on any atom is -0.494 e. The van der Waals surface area contributed by atoms with Crippen molar-refractivity contribution < 1.29 is 14.3 Å². The predicted octanol–water partition coefficient (Wildman–Crippen LogP) is 4.51. The molecular formula is C25H24N2O3. The molecule has 0 atom stereocenters. The molecule has 30 heavy (non-hydrogen) atoms. The molecule has 5 nitrogen and oxygen atoms in total. The van der Waals surface area contributed by atoms with Gasteiger partial charge in [0.2, 0.25) is 0 Å². The highest BCUT2D eigenvalue weighted by atomic mass is 16.5. The van der Waals surface area contributed by atoms with Crippen LogP contribution in [0.1, 0.15) is 40.0 Å². The van der Waals surface area contributed by atoms with Gasteiger partial charge in [0.25, 0.3) is 11.8 Å². The summed E-state index contributed by atoms with van der Waals surface area (Å²) in [5, 5.41) is 2.41. The number of ether oxygens (including phenoxy) is 1. The molecule has 0 aromatic heterocycles. The highest BCUT2D eigenvalue weighted by Gasteiger charge is 2.34. The molecule has 3 aromatic carbocycles. The Morgan fingerprint density at radius 2 is 1.57 bits per heavy atom. The van der Waals surface area contributed by atoms with Crippen molar-refractivity contribution in [2.45, 2.75) is 19.3 Å². The number of imide groups is 1. The van der Waals surface area contributed by atoms with Crippen molar-refractivity contribution in [2.75, 3.05) is 31.1 Å². The minimum atomic E-state index is -0.212. The topological polar surface area (TPSA) is 49.9 Å². The van der Waals surface area contributed by atoms with Crippen molar-refractivity contribution in [2.24, 2.45) is 0 Å². The summed E-state index contributed by atoms with van der Waals surface area (Å²) in [5.74, 6) is 0.393. The van der Waals surface area contributed by atoms with E-state index in [0.717, 1.165) is 18.8 Å². The molecule has 2 amide bonds. The van der Waals surface area contributed by atoms with Gasteiger partial charge in [-0.05, 0) is 55.0 Å². The molecular weight excluding hydrogens is 376 g/mol. The Hall–Kier alpha value is -3.34. The summed E-state index contributed by atoms with van der Waals surface area (Å²) in [6.07, 6.45) is 3.08.